The maximum atomic E-state index is 2.46. The van der Waals surface area contributed by atoms with Gasteiger partial charge in [-0.3, -0.25) is 0 Å². The summed E-state index contributed by atoms with van der Waals surface area (Å²) in [6.07, 6.45) is 22.3. The number of benzene rings is 8. The predicted molar refractivity (Wildman–Crippen MR) is 354 cm³/mol. The molecular formula is C78H96. The van der Waals surface area contributed by atoms with Crippen LogP contribution >= 0.6 is 0 Å². The number of hydrogen-bond donors (Lipinski definition) is 0. The van der Waals surface area contributed by atoms with E-state index in [9.17, 15) is 0 Å². The quantitative estimate of drug-likeness (QED) is 0.154. The van der Waals surface area contributed by atoms with Crippen LogP contribution in [-0.4, -0.2) is 0 Å². The standard InChI is InChI=1S/2C34H36.2C5H12/c2*1-15-11-25-17(3)19(5)31-29(27(25)13-15)21(7)23(9)34-32-20(6)18(4)26-12-16(2)14-28(26)30(32)22(8)24(10)33(31)34;2*1-3-5-4-2/h13-14H,11-12H2,1-10H3;11-12H,13-14H2,1-10H3;2*3-5H2,1-2H3. The number of hydrogen-bond acceptors (Lipinski definition) is 0. The summed E-state index contributed by atoms with van der Waals surface area (Å²) in [7, 11) is 0. The third kappa shape index (κ3) is 8.58. The molecule has 0 heteroatoms. The molecule has 0 unspecified atom stereocenters. The first-order valence-corrected chi connectivity index (χ1v) is 30.5. The summed E-state index contributed by atoms with van der Waals surface area (Å²) >= 11 is 0. The van der Waals surface area contributed by atoms with Gasteiger partial charge in [0, 0.05) is 0 Å². The smallest absolute Gasteiger partial charge is 0.00542 e. The van der Waals surface area contributed by atoms with Crippen LogP contribution in [0.3, 0.4) is 0 Å². The summed E-state index contributed by atoms with van der Waals surface area (Å²) in [5.74, 6) is 0. The number of unbranched alkanes of at least 4 members (excludes halogenated alkanes) is 4. The molecule has 0 aromatic heterocycles. The highest BCUT2D eigenvalue weighted by Gasteiger charge is 2.30. The van der Waals surface area contributed by atoms with Gasteiger partial charge in [-0.05, 0) is 362 Å². The van der Waals surface area contributed by atoms with Gasteiger partial charge in [-0.15, -0.1) is 0 Å². The maximum Gasteiger partial charge on any atom is -0.00542 e. The Bertz CT molecular complexity index is 3790. The summed E-state index contributed by atoms with van der Waals surface area (Å²) in [5, 5.41) is 18.0. The molecule has 0 radical (unpaired) electrons. The molecule has 0 N–H and O–H groups in total. The maximum absolute atomic E-state index is 2.46. The van der Waals surface area contributed by atoms with Crippen molar-refractivity contribution in [3.05, 3.63) is 156 Å². The van der Waals surface area contributed by atoms with Crippen LogP contribution < -0.4 is 0 Å². The minimum absolute atomic E-state index is 1.08. The molecule has 78 heavy (non-hydrogen) atoms. The summed E-state index contributed by atoms with van der Waals surface area (Å²) in [6, 6.07) is 0. The highest BCUT2D eigenvalue weighted by atomic mass is 14.3. The van der Waals surface area contributed by atoms with E-state index in [-0.39, 0.29) is 0 Å². The van der Waals surface area contributed by atoms with Crippen LogP contribution in [0.4, 0.5) is 0 Å². The second-order valence-electron chi connectivity index (χ2n) is 25.4. The van der Waals surface area contributed by atoms with Gasteiger partial charge >= 0.3 is 0 Å². The van der Waals surface area contributed by atoms with Crippen LogP contribution in [0.2, 0.25) is 0 Å². The first kappa shape index (κ1) is 57.0. The van der Waals surface area contributed by atoms with E-state index in [0.717, 1.165) is 25.7 Å². The van der Waals surface area contributed by atoms with Gasteiger partial charge in [0.15, 0.2) is 0 Å². The molecule has 408 valence electrons. The van der Waals surface area contributed by atoms with Gasteiger partial charge in [-0.2, -0.15) is 0 Å². The van der Waals surface area contributed by atoms with Gasteiger partial charge in [0.2, 0.25) is 0 Å². The van der Waals surface area contributed by atoms with E-state index in [1.165, 1.54) is 237 Å². The molecule has 0 amide bonds. The Hall–Kier alpha value is -5.72. The summed E-state index contributed by atoms with van der Waals surface area (Å²) in [6.45, 7) is 55.8. The lowest BCUT2D eigenvalue weighted by Gasteiger charge is -2.26. The lowest BCUT2D eigenvalue weighted by molar-refractivity contribution is 0.772. The van der Waals surface area contributed by atoms with E-state index in [4.69, 9.17) is 0 Å². The molecule has 0 heterocycles. The number of fused-ring (bicyclic) bond motifs is 18. The van der Waals surface area contributed by atoms with Crippen LogP contribution in [0.25, 0.3) is 88.9 Å². The fraction of sp³-hybridized carbons (Fsp3) is 0.436. The third-order valence-corrected chi connectivity index (χ3v) is 20.5. The van der Waals surface area contributed by atoms with Crippen molar-refractivity contribution in [3.8, 4) is 0 Å². The minimum Gasteiger partial charge on any atom is -0.0683 e. The molecule has 8 aromatic rings. The zero-order valence-electron chi connectivity index (χ0n) is 53.4. The van der Waals surface area contributed by atoms with E-state index in [1.807, 2.05) is 0 Å². The predicted octanol–water partition coefficient (Wildman–Crippen LogP) is 23.5. The molecule has 0 bridgehead atoms. The van der Waals surface area contributed by atoms with Crippen molar-refractivity contribution in [1.29, 1.82) is 0 Å². The van der Waals surface area contributed by atoms with Crippen LogP contribution in [0, 0.1) is 111 Å². The van der Waals surface area contributed by atoms with Gasteiger partial charge in [-0.25, -0.2) is 0 Å². The summed E-state index contributed by atoms with van der Waals surface area (Å²) in [4.78, 5) is 0. The van der Waals surface area contributed by atoms with Crippen molar-refractivity contribution in [2.45, 2.75) is 230 Å². The Morgan fingerprint density at radius 2 is 0.397 bits per heavy atom. The van der Waals surface area contributed by atoms with Crippen LogP contribution in [0.15, 0.2) is 22.3 Å². The van der Waals surface area contributed by atoms with Gasteiger partial charge in [-0.1, -0.05) is 113 Å². The fourth-order valence-corrected chi connectivity index (χ4v) is 15.3. The molecule has 8 aromatic carbocycles. The monoisotopic (exact) mass is 1030 g/mol. The molecule has 0 fully saturated rings. The lowest BCUT2D eigenvalue weighted by Crippen LogP contribution is -2.04. The number of aryl methyl sites for hydroxylation is 12. The molecule has 0 aliphatic heterocycles. The SMILES string of the molecule is CC1=Cc2c(C)c(C)c3c(c(C)c(C)c4c5c(C)c(C)c6c(c5c(C)c(C)c34)CC(C)=C6)c2C1.CC1=Cc2c(c(C)c(C)c3c2c(C)c(C)c2c4c(C)c(C)c5c(c4c(C)c(C)c32)C=C(C)C5)C1.CCCCC.CCCCC. The van der Waals surface area contributed by atoms with Crippen LogP contribution in [-0.2, 0) is 25.7 Å². The zero-order chi connectivity index (χ0) is 57.0. The van der Waals surface area contributed by atoms with E-state index < -0.39 is 0 Å². The Labute approximate surface area is 472 Å². The Morgan fingerprint density at radius 3 is 0.667 bits per heavy atom. The topological polar surface area (TPSA) is 0 Å². The van der Waals surface area contributed by atoms with Gasteiger partial charge in [0.05, 0.1) is 0 Å². The van der Waals surface area contributed by atoms with Crippen molar-refractivity contribution in [2.24, 2.45) is 0 Å². The van der Waals surface area contributed by atoms with Gasteiger partial charge < -0.3 is 0 Å². The van der Waals surface area contributed by atoms with Crippen molar-refractivity contribution < 1.29 is 0 Å². The average molecular weight is 1030 g/mol. The third-order valence-electron chi connectivity index (χ3n) is 20.5. The highest BCUT2D eigenvalue weighted by Crippen LogP contribution is 2.52. The van der Waals surface area contributed by atoms with E-state index in [2.05, 4.69) is 190 Å². The Kier molecular flexibility index (Phi) is 15.6. The number of rotatable bonds is 4. The largest absolute Gasteiger partial charge is 0.0683 e. The first-order chi connectivity index (χ1) is 36.9. The van der Waals surface area contributed by atoms with E-state index in [0.29, 0.717) is 0 Å². The molecule has 0 spiro atoms. The molecule has 12 rings (SSSR count). The first-order valence-electron chi connectivity index (χ1n) is 30.5. The van der Waals surface area contributed by atoms with E-state index in [1.54, 1.807) is 22.3 Å². The Morgan fingerprint density at radius 1 is 0.205 bits per heavy atom. The minimum atomic E-state index is 1.08. The molecular weight excluding hydrogens is 937 g/mol. The number of allylic oxidation sites excluding steroid dienone is 4. The molecule has 4 aliphatic rings. The normalized spacial score (nSPS) is 14.1. The molecule has 0 nitrogen and oxygen atoms in total. The van der Waals surface area contributed by atoms with E-state index >= 15 is 0 Å². The highest BCUT2D eigenvalue weighted by molar-refractivity contribution is 6.27. The second kappa shape index (κ2) is 21.4. The average Bonchev–Trinajstić information content (AvgIpc) is 4.33. The molecule has 0 saturated carbocycles. The Balaban J connectivity index is 0.000000162. The summed E-state index contributed by atoms with van der Waals surface area (Å²) in [5.41, 5.74) is 41.5. The van der Waals surface area contributed by atoms with Gasteiger partial charge in [0.25, 0.3) is 0 Å². The summed E-state index contributed by atoms with van der Waals surface area (Å²) < 4.78 is 0. The second-order valence-corrected chi connectivity index (χ2v) is 25.4. The molecule has 0 atom stereocenters. The van der Waals surface area contributed by atoms with Crippen molar-refractivity contribution in [1.82, 2.24) is 0 Å². The molecule has 0 saturated heterocycles. The zero-order valence-corrected chi connectivity index (χ0v) is 53.4. The van der Waals surface area contributed by atoms with Crippen molar-refractivity contribution in [2.75, 3.05) is 0 Å². The molecule has 4 aliphatic carbocycles. The van der Waals surface area contributed by atoms with Crippen LogP contribution in [0.5, 0.6) is 0 Å². The van der Waals surface area contributed by atoms with Crippen molar-refractivity contribution in [3.63, 3.8) is 0 Å². The lowest BCUT2D eigenvalue weighted by atomic mass is 9.78. The van der Waals surface area contributed by atoms with Crippen LogP contribution in [0.1, 0.15) is 227 Å². The van der Waals surface area contributed by atoms with Crippen molar-refractivity contribution >= 4 is 88.9 Å². The fourth-order valence-electron chi connectivity index (χ4n) is 15.3. The van der Waals surface area contributed by atoms with Gasteiger partial charge in [0.1, 0.15) is 0 Å².